The number of aromatic nitrogens is 6. The van der Waals surface area contributed by atoms with Gasteiger partial charge in [0.25, 0.3) is 0 Å². The quantitative estimate of drug-likeness (QED) is 0.0554. The van der Waals surface area contributed by atoms with Gasteiger partial charge in [-0.05, 0) is 19.4 Å². The molecule has 318 valence electrons. The predicted octanol–water partition coefficient (Wildman–Crippen LogP) is -0.711. The summed E-state index contributed by atoms with van der Waals surface area (Å²) >= 11 is 0. The molecule has 3 saturated heterocycles. The summed E-state index contributed by atoms with van der Waals surface area (Å²) in [6.45, 7) is 4.11. The molecule has 0 radical (unpaired) electrons. The van der Waals surface area contributed by atoms with Gasteiger partial charge >= 0.3 is 27.3 Å². The minimum atomic E-state index is -5.20. The summed E-state index contributed by atoms with van der Waals surface area (Å²) in [5.74, 6) is -1.36. The Bertz CT molecular complexity index is 2140. The number of phosphoric acid groups is 2. The summed E-state index contributed by atoms with van der Waals surface area (Å²) in [6, 6.07) is 0.158. The number of rotatable bonds is 17. The largest absolute Gasteiger partial charge is 0.472 e. The molecule has 3 aliphatic rings. The van der Waals surface area contributed by atoms with Crippen LogP contribution in [0.15, 0.2) is 42.4 Å². The van der Waals surface area contributed by atoms with Gasteiger partial charge in [-0.15, -0.1) is 6.58 Å². The van der Waals surface area contributed by atoms with Crippen molar-refractivity contribution in [2.24, 2.45) is 0 Å². The summed E-state index contributed by atoms with van der Waals surface area (Å²) in [7, 11) is -10.3. The van der Waals surface area contributed by atoms with Gasteiger partial charge in [0.15, 0.2) is 23.8 Å². The topological polar surface area (TPSA) is 348 Å². The lowest BCUT2D eigenvalue weighted by atomic mass is 10.1. The highest BCUT2D eigenvalue weighted by atomic mass is 31.2. The number of phosphoric ester groups is 2. The van der Waals surface area contributed by atoms with Crippen LogP contribution in [0.4, 0.5) is 11.6 Å². The molecule has 6 heterocycles. The molecule has 3 aromatic rings. The third-order valence-electron chi connectivity index (χ3n) is 9.46. The number of anilines is 2. The van der Waals surface area contributed by atoms with Crippen LogP contribution in [0.3, 0.4) is 0 Å². The van der Waals surface area contributed by atoms with Gasteiger partial charge in [0.2, 0.25) is 5.91 Å². The molecular weight excluding hydrogens is 816 g/mol. The Balaban J connectivity index is 1.22. The van der Waals surface area contributed by atoms with Crippen molar-refractivity contribution in [1.82, 2.24) is 34.0 Å². The van der Waals surface area contributed by atoms with E-state index in [2.05, 4.69) is 31.0 Å². The van der Waals surface area contributed by atoms with Gasteiger partial charge in [-0.2, -0.15) is 4.98 Å². The lowest BCUT2D eigenvalue weighted by molar-refractivity contribution is -0.164. The number of fused-ring (bicyclic) bond motifs is 1. The van der Waals surface area contributed by atoms with Crippen molar-refractivity contribution in [1.29, 1.82) is 0 Å². The second-order valence-electron chi connectivity index (χ2n) is 13.3. The minimum absolute atomic E-state index is 0.0175. The van der Waals surface area contributed by atoms with Gasteiger partial charge < -0.3 is 55.1 Å². The standard InChI is InChI=1S/C31H43N9O16P2/c1-3-5-6-22(41)39-11-16(50-4-2)9-17(39)30(43)55-26-20(54-29(25(26)42)40-15-36-24-27(33)34-14-35-28(24)40)13-52-58(48,49)56-18-10-23(38-8-7-21(32)37-31(38)44)53-19(18)12-51-57(45,46)47/h3,7-8,14-20,23,25-26,29,42H,1,4-6,9-13H2,2H3,(H,48,49)(H2,32,37,44)(H2,33,34,35)(H2,45,46,47)/t16-,17-,18+,19-,20+,23-,25-,26-,29-/m1/s1. The zero-order chi connectivity index (χ0) is 41.9. The van der Waals surface area contributed by atoms with Crippen LogP contribution in [0.1, 0.15) is 45.1 Å². The van der Waals surface area contributed by atoms with Crippen LogP contribution in [0, 0.1) is 0 Å². The summed E-state index contributed by atoms with van der Waals surface area (Å²) in [4.78, 5) is 86.1. The molecule has 0 spiro atoms. The first kappa shape index (κ1) is 43.4. The predicted molar refractivity (Wildman–Crippen MR) is 195 cm³/mol. The monoisotopic (exact) mass is 859 g/mol. The number of aliphatic hydroxyl groups is 1. The number of ether oxygens (including phenoxy) is 4. The fourth-order valence-electron chi connectivity index (χ4n) is 6.84. The zero-order valence-corrected chi connectivity index (χ0v) is 32.6. The summed E-state index contributed by atoms with van der Waals surface area (Å²) in [5.41, 5.74) is 10.9. The van der Waals surface area contributed by atoms with E-state index in [1.165, 1.54) is 28.1 Å². The summed E-state index contributed by atoms with van der Waals surface area (Å²) in [6.07, 6.45) is -5.41. The van der Waals surface area contributed by atoms with Crippen molar-refractivity contribution in [2.45, 2.75) is 87.7 Å². The molecule has 8 N–H and O–H groups in total. The fourth-order valence-corrected chi connectivity index (χ4v) is 8.14. The second kappa shape index (κ2) is 17.9. The molecule has 27 heteroatoms. The van der Waals surface area contributed by atoms with Crippen LogP contribution in [-0.4, -0.2) is 135 Å². The Morgan fingerprint density at radius 2 is 1.83 bits per heavy atom. The number of allylic oxidation sites excluding steroid dienone is 1. The molecule has 0 aromatic carbocycles. The van der Waals surface area contributed by atoms with E-state index in [-0.39, 0.29) is 54.5 Å². The van der Waals surface area contributed by atoms with Crippen molar-refractivity contribution >= 4 is 50.3 Å². The van der Waals surface area contributed by atoms with E-state index in [9.17, 15) is 43.3 Å². The number of nitrogens with zero attached hydrogens (tertiary/aromatic N) is 7. The van der Waals surface area contributed by atoms with Gasteiger partial charge in [0, 0.05) is 38.6 Å². The highest BCUT2D eigenvalue weighted by Gasteiger charge is 2.51. The number of amides is 1. The first-order valence-electron chi connectivity index (χ1n) is 17.8. The van der Waals surface area contributed by atoms with Gasteiger partial charge in [0.1, 0.15) is 54.3 Å². The van der Waals surface area contributed by atoms with Crippen molar-refractivity contribution < 1.29 is 71.0 Å². The Morgan fingerprint density at radius 3 is 2.53 bits per heavy atom. The number of hydrogen-bond donors (Lipinski definition) is 6. The minimum Gasteiger partial charge on any atom is -0.455 e. The van der Waals surface area contributed by atoms with Crippen LogP contribution in [0.5, 0.6) is 0 Å². The van der Waals surface area contributed by atoms with Gasteiger partial charge in [-0.3, -0.25) is 27.5 Å². The normalized spacial score (nSPS) is 28.5. The van der Waals surface area contributed by atoms with E-state index >= 15 is 0 Å². The molecule has 0 bridgehead atoms. The maximum atomic E-state index is 13.9. The second-order valence-corrected chi connectivity index (χ2v) is 16.0. The van der Waals surface area contributed by atoms with Crippen LogP contribution < -0.4 is 17.2 Å². The summed E-state index contributed by atoms with van der Waals surface area (Å²) < 4.78 is 65.8. The molecule has 3 aliphatic heterocycles. The van der Waals surface area contributed by atoms with E-state index in [1.54, 1.807) is 13.0 Å². The number of nitrogen functional groups attached to an aromatic ring is 2. The number of esters is 1. The van der Waals surface area contributed by atoms with E-state index in [1.807, 2.05) is 0 Å². The number of carbonyl (C=O) groups is 2. The maximum Gasteiger partial charge on any atom is 0.472 e. The molecule has 0 saturated carbocycles. The number of imidazole rings is 1. The molecule has 10 atom stereocenters. The summed E-state index contributed by atoms with van der Waals surface area (Å²) in [5, 5.41) is 11.6. The molecule has 1 unspecified atom stereocenters. The molecule has 3 fully saturated rings. The average Bonchev–Trinajstić information content (AvgIpc) is 3.94. The van der Waals surface area contributed by atoms with Crippen molar-refractivity contribution in [3.05, 3.63) is 48.1 Å². The lowest BCUT2D eigenvalue weighted by Gasteiger charge is -2.27. The number of aliphatic hydroxyl groups excluding tert-OH is 1. The van der Waals surface area contributed by atoms with Crippen LogP contribution in [0.2, 0.25) is 0 Å². The number of carbonyl (C=O) groups excluding carboxylic acids is 2. The van der Waals surface area contributed by atoms with Crippen LogP contribution in [-0.2, 0) is 51.2 Å². The highest BCUT2D eigenvalue weighted by Crippen LogP contribution is 2.50. The Labute approximate surface area is 328 Å². The lowest BCUT2D eigenvalue weighted by Crippen LogP contribution is -2.46. The zero-order valence-electron chi connectivity index (χ0n) is 30.8. The fraction of sp³-hybridized carbons (Fsp3) is 0.581. The van der Waals surface area contributed by atoms with E-state index in [0.717, 1.165) is 10.9 Å². The van der Waals surface area contributed by atoms with Gasteiger partial charge in [-0.1, -0.05) is 6.08 Å². The van der Waals surface area contributed by atoms with E-state index in [4.69, 9.17) is 39.5 Å². The number of hydrogen-bond acceptors (Lipinski definition) is 19. The van der Waals surface area contributed by atoms with Gasteiger partial charge in [-0.25, -0.2) is 33.7 Å². The first-order valence-corrected chi connectivity index (χ1v) is 20.9. The third kappa shape index (κ3) is 9.96. The number of likely N-dealkylation sites (tertiary alicyclic amines) is 1. The van der Waals surface area contributed by atoms with Crippen LogP contribution in [0.25, 0.3) is 11.2 Å². The number of nitrogens with two attached hydrogens (primary N) is 2. The molecule has 0 aliphatic carbocycles. The Kier molecular flexibility index (Phi) is 13.4. The van der Waals surface area contributed by atoms with Crippen LogP contribution >= 0.6 is 15.6 Å². The van der Waals surface area contributed by atoms with Gasteiger partial charge in [0.05, 0.1) is 25.6 Å². The molecular formula is C31H43N9O16P2. The Morgan fingerprint density at radius 1 is 1.07 bits per heavy atom. The van der Waals surface area contributed by atoms with Crippen molar-refractivity contribution in [2.75, 3.05) is 37.8 Å². The smallest absolute Gasteiger partial charge is 0.455 e. The first-order chi connectivity index (χ1) is 27.5. The third-order valence-corrected chi connectivity index (χ3v) is 11.0. The SMILES string of the molecule is C=CCCC(=O)N1C[C@H](OCC)C[C@@H]1C(=O)O[C@H]1[C@@H](O)[C@H](n2cnc3c(N)ncnc32)O[C@H]1COP(=O)(O)O[C@H]1C[C@H](n2ccc(N)nc2=O)O[C@@H]1COP(=O)(O)O. The maximum absolute atomic E-state index is 13.9. The highest BCUT2D eigenvalue weighted by molar-refractivity contribution is 7.47. The molecule has 58 heavy (non-hydrogen) atoms. The van der Waals surface area contributed by atoms with Crippen molar-refractivity contribution in [3.8, 4) is 0 Å². The molecule has 6 rings (SSSR count). The molecule has 1 amide bonds. The Hall–Kier alpha value is -4.23. The molecule has 25 nitrogen and oxygen atoms in total. The van der Waals surface area contributed by atoms with E-state index in [0.29, 0.717) is 13.0 Å². The molecule has 3 aromatic heterocycles. The average molecular weight is 860 g/mol. The van der Waals surface area contributed by atoms with E-state index < -0.39 is 95.6 Å². The van der Waals surface area contributed by atoms with Crippen molar-refractivity contribution in [3.63, 3.8) is 0 Å².